The van der Waals surface area contributed by atoms with Crippen molar-refractivity contribution >= 4 is 5.91 Å². The van der Waals surface area contributed by atoms with Gasteiger partial charge in [-0.3, -0.25) is 4.79 Å². The molecular weight excluding hydrogens is 228 g/mol. The number of rotatable bonds is 6. The lowest BCUT2D eigenvalue weighted by atomic mass is 9.93. The predicted molar refractivity (Wildman–Crippen MR) is 73.2 cm³/mol. The van der Waals surface area contributed by atoms with E-state index in [4.69, 9.17) is 10.5 Å². The average molecular weight is 256 g/mol. The largest absolute Gasteiger partial charge is 0.376 e. The summed E-state index contributed by atoms with van der Waals surface area (Å²) in [5.41, 5.74) is 5.75. The third-order valence-corrected chi connectivity index (χ3v) is 3.83. The second kappa shape index (κ2) is 7.10. The monoisotopic (exact) mass is 256 g/mol. The van der Waals surface area contributed by atoms with Crippen molar-refractivity contribution in [2.24, 2.45) is 17.6 Å². The molecule has 2 unspecified atom stereocenters. The van der Waals surface area contributed by atoms with E-state index in [1.807, 2.05) is 18.9 Å². The lowest BCUT2D eigenvalue weighted by Crippen LogP contribution is -2.42. The van der Waals surface area contributed by atoms with Gasteiger partial charge in [-0.05, 0) is 38.1 Å². The summed E-state index contributed by atoms with van der Waals surface area (Å²) in [5.74, 6) is 1.09. The molecule has 0 spiro atoms. The summed E-state index contributed by atoms with van der Waals surface area (Å²) >= 11 is 0. The van der Waals surface area contributed by atoms with Gasteiger partial charge in [-0.25, -0.2) is 0 Å². The Balaban J connectivity index is 2.47. The summed E-state index contributed by atoms with van der Waals surface area (Å²) in [4.78, 5) is 14.1. The van der Waals surface area contributed by atoms with Crippen molar-refractivity contribution in [3.05, 3.63) is 0 Å². The molecule has 106 valence electrons. The van der Waals surface area contributed by atoms with Gasteiger partial charge in [0.25, 0.3) is 0 Å². The van der Waals surface area contributed by atoms with Gasteiger partial charge >= 0.3 is 0 Å². The summed E-state index contributed by atoms with van der Waals surface area (Å²) in [5, 5.41) is 0. The van der Waals surface area contributed by atoms with Crippen molar-refractivity contribution in [1.29, 1.82) is 0 Å². The number of carbonyl (C=O) groups is 1. The average Bonchev–Trinajstić information content (AvgIpc) is 2.72. The van der Waals surface area contributed by atoms with Gasteiger partial charge in [0.2, 0.25) is 5.91 Å². The van der Waals surface area contributed by atoms with Crippen LogP contribution in [0.1, 0.15) is 40.0 Å². The van der Waals surface area contributed by atoms with Crippen LogP contribution in [0, 0.1) is 11.8 Å². The summed E-state index contributed by atoms with van der Waals surface area (Å²) in [6.45, 7) is 7.73. The fraction of sp³-hybridized carbons (Fsp3) is 0.929. The normalized spacial score (nSPS) is 25.4. The van der Waals surface area contributed by atoms with Crippen molar-refractivity contribution in [1.82, 2.24) is 4.90 Å². The van der Waals surface area contributed by atoms with Gasteiger partial charge in [-0.1, -0.05) is 13.8 Å². The molecule has 0 radical (unpaired) electrons. The topological polar surface area (TPSA) is 55.6 Å². The molecule has 18 heavy (non-hydrogen) atoms. The molecule has 1 aliphatic heterocycles. The van der Waals surface area contributed by atoms with Crippen LogP contribution in [0.2, 0.25) is 0 Å². The summed E-state index contributed by atoms with van der Waals surface area (Å²) < 4.78 is 5.51. The number of hydrogen-bond donors (Lipinski definition) is 1. The molecule has 1 heterocycles. The van der Waals surface area contributed by atoms with E-state index in [9.17, 15) is 4.79 Å². The van der Waals surface area contributed by atoms with Crippen molar-refractivity contribution in [3.8, 4) is 0 Å². The van der Waals surface area contributed by atoms with Gasteiger partial charge in [-0.2, -0.15) is 0 Å². The third kappa shape index (κ3) is 4.25. The highest BCUT2D eigenvalue weighted by atomic mass is 16.5. The highest BCUT2D eigenvalue weighted by molar-refractivity contribution is 5.76. The van der Waals surface area contributed by atoms with Crippen molar-refractivity contribution in [2.45, 2.75) is 52.2 Å². The molecule has 1 rings (SSSR count). The SMILES string of the molecule is CC(C)C[C@H](CN)CC(=O)N(C)C1CCOC1C. The van der Waals surface area contributed by atoms with Crippen molar-refractivity contribution in [3.63, 3.8) is 0 Å². The molecule has 2 N–H and O–H groups in total. The maximum absolute atomic E-state index is 12.2. The van der Waals surface area contributed by atoms with E-state index in [0.29, 0.717) is 24.8 Å². The highest BCUT2D eigenvalue weighted by Crippen LogP contribution is 2.21. The van der Waals surface area contributed by atoms with Gasteiger partial charge in [0.15, 0.2) is 0 Å². The fourth-order valence-corrected chi connectivity index (χ4v) is 2.73. The minimum atomic E-state index is 0.153. The van der Waals surface area contributed by atoms with E-state index >= 15 is 0 Å². The Hall–Kier alpha value is -0.610. The first kappa shape index (κ1) is 15.4. The molecule has 1 fully saturated rings. The molecule has 0 bridgehead atoms. The predicted octanol–water partition coefficient (Wildman–Crippen LogP) is 1.63. The van der Waals surface area contributed by atoms with E-state index in [-0.39, 0.29) is 18.1 Å². The number of ether oxygens (including phenoxy) is 1. The minimum Gasteiger partial charge on any atom is -0.376 e. The molecule has 1 saturated heterocycles. The second-order valence-electron chi connectivity index (χ2n) is 5.87. The van der Waals surface area contributed by atoms with Gasteiger partial charge in [-0.15, -0.1) is 0 Å². The molecule has 0 saturated carbocycles. The number of hydrogen-bond acceptors (Lipinski definition) is 3. The Bertz CT molecular complexity index is 269. The van der Waals surface area contributed by atoms with Crippen LogP contribution in [0.5, 0.6) is 0 Å². The summed E-state index contributed by atoms with van der Waals surface area (Å²) in [7, 11) is 1.89. The third-order valence-electron chi connectivity index (χ3n) is 3.83. The van der Waals surface area contributed by atoms with Crippen LogP contribution >= 0.6 is 0 Å². The Kier molecular flexibility index (Phi) is 6.09. The number of amides is 1. The Morgan fingerprint density at radius 1 is 1.50 bits per heavy atom. The van der Waals surface area contributed by atoms with Crippen LogP contribution in [-0.2, 0) is 9.53 Å². The van der Waals surface area contributed by atoms with Gasteiger partial charge in [0.1, 0.15) is 0 Å². The Morgan fingerprint density at radius 2 is 2.17 bits per heavy atom. The van der Waals surface area contributed by atoms with Crippen molar-refractivity contribution < 1.29 is 9.53 Å². The van der Waals surface area contributed by atoms with E-state index < -0.39 is 0 Å². The van der Waals surface area contributed by atoms with Crippen molar-refractivity contribution in [2.75, 3.05) is 20.2 Å². The first-order valence-electron chi connectivity index (χ1n) is 7.03. The molecule has 0 aromatic heterocycles. The van der Waals surface area contributed by atoms with E-state index in [0.717, 1.165) is 19.4 Å². The molecule has 0 aromatic carbocycles. The molecule has 0 aromatic rings. The smallest absolute Gasteiger partial charge is 0.222 e. The number of likely N-dealkylation sites (N-methyl/N-ethyl adjacent to an activating group) is 1. The zero-order chi connectivity index (χ0) is 13.7. The van der Waals surface area contributed by atoms with Gasteiger partial charge in [0, 0.05) is 20.1 Å². The van der Waals surface area contributed by atoms with E-state index in [1.54, 1.807) is 0 Å². The van der Waals surface area contributed by atoms with Gasteiger partial charge in [0.05, 0.1) is 12.1 Å². The van der Waals surface area contributed by atoms with Crippen LogP contribution in [0.25, 0.3) is 0 Å². The highest BCUT2D eigenvalue weighted by Gasteiger charge is 2.31. The van der Waals surface area contributed by atoms with E-state index in [1.165, 1.54) is 0 Å². The summed E-state index contributed by atoms with van der Waals surface area (Å²) in [6.07, 6.45) is 2.68. The molecule has 1 amide bonds. The van der Waals surface area contributed by atoms with Crippen LogP contribution < -0.4 is 5.73 Å². The number of nitrogens with two attached hydrogens (primary N) is 1. The lowest BCUT2D eigenvalue weighted by Gasteiger charge is -2.28. The first-order chi connectivity index (χ1) is 8.45. The van der Waals surface area contributed by atoms with E-state index in [2.05, 4.69) is 13.8 Å². The van der Waals surface area contributed by atoms with Gasteiger partial charge < -0.3 is 15.4 Å². The Morgan fingerprint density at radius 3 is 2.61 bits per heavy atom. The molecule has 3 atom stereocenters. The number of nitrogens with zero attached hydrogens (tertiary/aromatic N) is 1. The standard InChI is InChI=1S/C14H28N2O2/c1-10(2)7-12(9-15)8-14(17)16(4)13-5-6-18-11(13)3/h10-13H,5-9,15H2,1-4H3/t11?,12-,13?/m0/s1. The molecule has 0 aliphatic carbocycles. The molecule has 1 aliphatic rings. The Labute approximate surface area is 111 Å². The first-order valence-corrected chi connectivity index (χ1v) is 7.03. The fourth-order valence-electron chi connectivity index (χ4n) is 2.73. The molecule has 4 nitrogen and oxygen atoms in total. The van der Waals surface area contributed by atoms with Crippen LogP contribution in [-0.4, -0.2) is 43.2 Å². The second-order valence-corrected chi connectivity index (χ2v) is 5.87. The van der Waals surface area contributed by atoms with Crippen LogP contribution in [0.15, 0.2) is 0 Å². The summed E-state index contributed by atoms with van der Waals surface area (Å²) in [6, 6.07) is 0.231. The number of carbonyl (C=O) groups excluding carboxylic acids is 1. The molecule has 4 heteroatoms. The minimum absolute atomic E-state index is 0.153. The maximum atomic E-state index is 12.2. The zero-order valence-electron chi connectivity index (χ0n) is 12.2. The maximum Gasteiger partial charge on any atom is 0.222 e. The van der Waals surface area contributed by atoms with Crippen LogP contribution in [0.4, 0.5) is 0 Å². The molecular formula is C14H28N2O2. The zero-order valence-corrected chi connectivity index (χ0v) is 12.2. The van der Waals surface area contributed by atoms with Crippen LogP contribution in [0.3, 0.4) is 0 Å². The quantitative estimate of drug-likeness (QED) is 0.786. The lowest BCUT2D eigenvalue weighted by molar-refractivity contribution is -0.134.